The minimum atomic E-state index is -0.0472. The van der Waals surface area contributed by atoms with Gasteiger partial charge in [-0.25, -0.2) is 0 Å². The Hall–Kier alpha value is -2.04. The van der Waals surface area contributed by atoms with Crippen LogP contribution in [0.25, 0.3) is 0 Å². The van der Waals surface area contributed by atoms with Gasteiger partial charge in [-0.3, -0.25) is 4.79 Å². The van der Waals surface area contributed by atoms with Crippen molar-refractivity contribution in [1.82, 2.24) is 0 Å². The first kappa shape index (κ1) is 16.3. The van der Waals surface area contributed by atoms with E-state index in [9.17, 15) is 4.79 Å². The molecular formula is C17H20ClN2O2+. The molecule has 0 aliphatic heterocycles. The molecule has 0 radical (unpaired) electrons. The third kappa shape index (κ3) is 4.76. The van der Waals surface area contributed by atoms with E-state index in [4.69, 9.17) is 16.3 Å². The highest BCUT2D eigenvalue weighted by Crippen LogP contribution is 2.16. The number of quaternary nitrogens is 1. The number of amides is 1. The molecule has 2 aromatic carbocycles. The summed E-state index contributed by atoms with van der Waals surface area (Å²) in [6.07, 6.45) is 0. The van der Waals surface area contributed by atoms with E-state index in [-0.39, 0.29) is 11.9 Å². The van der Waals surface area contributed by atoms with Gasteiger partial charge in [0.15, 0.2) is 6.54 Å². The maximum Gasteiger partial charge on any atom is 0.279 e. The summed E-state index contributed by atoms with van der Waals surface area (Å²) in [5.74, 6) is 0.672. The maximum absolute atomic E-state index is 12.0. The summed E-state index contributed by atoms with van der Waals surface area (Å²) in [4.78, 5) is 12.0. The third-order valence-electron chi connectivity index (χ3n) is 3.41. The fourth-order valence-electron chi connectivity index (χ4n) is 2.10. The molecule has 0 saturated heterocycles. The van der Waals surface area contributed by atoms with Crippen LogP contribution in [0.2, 0.25) is 5.02 Å². The first-order valence-electron chi connectivity index (χ1n) is 7.11. The fraction of sp³-hybridized carbons (Fsp3) is 0.235. The Balaban J connectivity index is 1.85. The largest absolute Gasteiger partial charge is 0.497 e. The molecule has 0 bridgehead atoms. The van der Waals surface area contributed by atoms with E-state index in [0.717, 1.165) is 17.0 Å². The van der Waals surface area contributed by atoms with Gasteiger partial charge >= 0.3 is 0 Å². The second-order valence-corrected chi connectivity index (χ2v) is 5.50. The molecule has 22 heavy (non-hydrogen) atoms. The van der Waals surface area contributed by atoms with Gasteiger partial charge in [0.05, 0.1) is 7.11 Å². The van der Waals surface area contributed by atoms with Crippen molar-refractivity contribution in [1.29, 1.82) is 0 Å². The van der Waals surface area contributed by atoms with Gasteiger partial charge in [-0.15, -0.1) is 0 Å². The van der Waals surface area contributed by atoms with Gasteiger partial charge in [-0.05, 0) is 31.2 Å². The summed E-state index contributed by atoms with van der Waals surface area (Å²) < 4.78 is 5.13. The lowest BCUT2D eigenvalue weighted by molar-refractivity contribution is -0.682. The SMILES string of the molecule is COc1cccc(NC(=O)C[NH2+][C@H](C)c2ccc(Cl)cc2)c1. The molecule has 4 nitrogen and oxygen atoms in total. The first-order chi connectivity index (χ1) is 10.6. The zero-order chi connectivity index (χ0) is 15.9. The molecule has 1 atom stereocenters. The van der Waals surface area contributed by atoms with E-state index < -0.39 is 0 Å². The molecule has 0 fully saturated rings. The normalized spacial score (nSPS) is 11.8. The van der Waals surface area contributed by atoms with Crippen molar-refractivity contribution in [2.75, 3.05) is 19.0 Å². The number of ether oxygens (including phenoxy) is 1. The minimum Gasteiger partial charge on any atom is -0.497 e. The van der Waals surface area contributed by atoms with Crippen molar-refractivity contribution in [3.63, 3.8) is 0 Å². The van der Waals surface area contributed by atoms with E-state index in [1.807, 2.05) is 47.8 Å². The van der Waals surface area contributed by atoms with Gasteiger partial charge in [0, 0.05) is 22.3 Å². The quantitative estimate of drug-likeness (QED) is 0.860. The first-order valence-corrected chi connectivity index (χ1v) is 7.49. The standard InChI is InChI=1S/C17H19ClN2O2/c1-12(13-6-8-14(18)9-7-13)19-11-17(21)20-15-4-3-5-16(10-15)22-2/h3-10,12,19H,11H2,1-2H3,(H,20,21)/p+1/t12-/m1/s1. The Morgan fingerprint density at radius 2 is 2.00 bits per heavy atom. The summed E-state index contributed by atoms with van der Waals surface area (Å²) in [6.45, 7) is 2.41. The molecule has 0 saturated carbocycles. The van der Waals surface area contributed by atoms with Gasteiger partial charge in [0.1, 0.15) is 11.8 Å². The molecule has 1 amide bonds. The van der Waals surface area contributed by atoms with Crippen LogP contribution in [-0.2, 0) is 4.79 Å². The van der Waals surface area contributed by atoms with Crippen molar-refractivity contribution in [2.45, 2.75) is 13.0 Å². The average molecular weight is 320 g/mol. The van der Waals surface area contributed by atoms with Crippen LogP contribution in [0, 0.1) is 0 Å². The molecule has 116 valence electrons. The Morgan fingerprint density at radius 3 is 2.68 bits per heavy atom. The van der Waals surface area contributed by atoms with E-state index in [1.54, 1.807) is 13.2 Å². The number of hydrogen-bond acceptors (Lipinski definition) is 2. The molecule has 5 heteroatoms. The van der Waals surface area contributed by atoms with Crippen molar-refractivity contribution < 1.29 is 14.8 Å². The van der Waals surface area contributed by atoms with Crippen molar-refractivity contribution >= 4 is 23.2 Å². The maximum atomic E-state index is 12.0. The third-order valence-corrected chi connectivity index (χ3v) is 3.66. The molecule has 3 N–H and O–H groups in total. The molecule has 2 rings (SSSR count). The topological polar surface area (TPSA) is 54.9 Å². The zero-order valence-electron chi connectivity index (χ0n) is 12.7. The molecule has 0 aliphatic rings. The highest BCUT2D eigenvalue weighted by atomic mass is 35.5. The van der Waals surface area contributed by atoms with Crippen LogP contribution in [0.5, 0.6) is 5.75 Å². The molecule has 0 aromatic heterocycles. The Bertz CT molecular complexity index is 629. The van der Waals surface area contributed by atoms with E-state index >= 15 is 0 Å². The number of anilines is 1. The number of nitrogens with two attached hydrogens (primary N) is 1. The number of benzene rings is 2. The second-order valence-electron chi connectivity index (χ2n) is 5.06. The number of rotatable bonds is 6. The van der Waals surface area contributed by atoms with E-state index in [0.29, 0.717) is 11.6 Å². The summed E-state index contributed by atoms with van der Waals surface area (Å²) in [6, 6.07) is 15.2. The lowest BCUT2D eigenvalue weighted by Gasteiger charge is -2.11. The fourth-order valence-corrected chi connectivity index (χ4v) is 2.23. The summed E-state index contributed by atoms with van der Waals surface area (Å²) in [5, 5.41) is 5.56. The van der Waals surface area contributed by atoms with E-state index in [1.165, 1.54) is 0 Å². The number of hydrogen-bond donors (Lipinski definition) is 2. The van der Waals surface area contributed by atoms with Crippen LogP contribution in [-0.4, -0.2) is 19.6 Å². The number of carbonyl (C=O) groups excluding carboxylic acids is 1. The van der Waals surface area contributed by atoms with Gasteiger partial charge in [0.2, 0.25) is 0 Å². The number of nitrogens with one attached hydrogen (secondary N) is 1. The number of halogens is 1. The molecule has 0 unspecified atom stereocenters. The lowest BCUT2D eigenvalue weighted by atomic mass is 10.1. The summed E-state index contributed by atoms with van der Waals surface area (Å²) in [7, 11) is 1.60. The summed E-state index contributed by atoms with van der Waals surface area (Å²) >= 11 is 5.87. The highest BCUT2D eigenvalue weighted by molar-refractivity contribution is 6.30. The molecular weight excluding hydrogens is 300 g/mol. The number of methoxy groups -OCH3 is 1. The van der Waals surface area contributed by atoms with Crippen LogP contribution in [0.3, 0.4) is 0 Å². The van der Waals surface area contributed by atoms with Crippen LogP contribution < -0.4 is 15.4 Å². The monoisotopic (exact) mass is 319 g/mol. The smallest absolute Gasteiger partial charge is 0.279 e. The Morgan fingerprint density at radius 1 is 1.27 bits per heavy atom. The van der Waals surface area contributed by atoms with Crippen molar-refractivity contribution in [3.8, 4) is 5.75 Å². The second kappa shape index (κ2) is 7.82. The van der Waals surface area contributed by atoms with Gasteiger partial charge in [0.25, 0.3) is 5.91 Å². The van der Waals surface area contributed by atoms with Gasteiger partial charge < -0.3 is 15.4 Å². The minimum absolute atomic E-state index is 0.0472. The van der Waals surface area contributed by atoms with Gasteiger partial charge in [-0.2, -0.15) is 0 Å². The average Bonchev–Trinajstić information content (AvgIpc) is 2.53. The van der Waals surface area contributed by atoms with E-state index in [2.05, 4.69) is 12.2 Å². The zero-order valence-corrected chi connectivity index (χ0v) is 13.4. The summed E-state index contributed by atoms with van der Waals surface area (Å²) in [5.41, 5.74) is 1.87. The Labute approximate surface area is 135 Å². The predicted molar refractivity (Wildman–Crippen MR) is 88.3 cm³/mol. The molecule has 0 heterocycles. The van der Waals surface area contributed by atoms with Crippen LogP contribution in [0.15, 0.2) is 48.5 Å². The predicted octanol–water partition coefficient (Wildman–Crippen LogP) is 2.61. The molecule has 0 aliphatic carbocycles. The lowest BCUT2D eigenvalue weighted by Crippen LogP contribution is -2.86. The van der Waals surface area contributed by atoms with Crippen LogP contribution in [0.4, 0.5) is 5.69 Å². The van der Waals surface area contributed by atoms with Gasteiger partial charge in [-0.1, -0.05) is 29.8 Å². The highest BCUT2D eigenvalue weighted by Gasteiger charge is 2.11. The van der Waals surface area contributed by atoms with Crippen molar-refractivity contribution in [2.24, 2.45) is 0 Å². The Kier molecular flexibility index (Phi) is 5.81. The molecule has 2 aromatic rings. The van der Waals surface area contributed by atoms with Crippen LogP contribution >= 0.6 is 11.6 Å². The molecule has 0 spiro atoms. The van der Waals surface area contributed by atoms with Crippen molar-refractivity contribution in [3.05, 3.63) is 59.1 Å². The van der Waals surface area contributed by atoms with Crippen LogP contribution in [0.1, 0.15) is 18.5 Å². The number of carbonyl (C=O) groups is 1.